The van der Waals surface area contributed by atoms with E-state index < -0.39 is 97.7 Å². The number of ether oxygens (including phenoxy) is 4. The van der Waals surface area contributed by atoms with Gasteiger partial charge in [0.2, 0.25) is 12.6 Å². The van der Waals surface area contributed by atoms with Crippen molar-refractivity contribution in [2.24, 2.45) is 0 Å². The summed E-state index contributed by atoms with van der Waals surface area (Å²) in [4.78, 5) is 25.5. The number of carbonyl (C=O) groups is 2. The van der Waals surface area contributed by atoms with E-state index in [1.165, 1.54) is 26.0 Å². The summed E-state index contributed by atoms with van der Waals surface area (Å²) < 4.78 is 23.0. The Hall–Kier alpha value is -4.46. The number of phenols is 2. The van der Waals surface area contributed by atoms with E-state index in [0.717, 1.165) is 0 Å². The number of Topliss-reactive ketones (excluding diaryl/α,β-unsaturated/α-hetero) is 2. The van der Waals surface area contributed by atoms with E-state index in [1.807, 2.05) is 0 Å². The Bertz CT molecular complexity index is 1960. The van der Waals surface area contributed by atoms with Crippen LogP contribution in [0.4, 0.5) is 0 Å². The van der Waals surface area contributed by atoms with E-state index in [-0.39, 0.29) is 33.4 Å². The van der Waals surface area contributed by atoms with Crippen LogP contribution in [0.25, 0.3) is 32.7 Å². The van der Waals surface area contributed by atoms with Gasteiger partial charge < -0.3 is 70.0 Å². The number of phenolic OH excluding ortho intramolecular Hbond substituents is 2. The fraction of sp³-hybridized carbons (Fsp3) is 0.421. The molecule has 0 spiro atoms. The topological polar surface area (TPSA) is 273 Å². The lowest BCUT2D eigenvalue weighted by Gasteiger charge is -2.39. The zero-order chi connectivity index (χ0) is 39.5. The Morgan fingerprint density at radius 1 is 0.593 bits per heavy atom. The predicted octanol–water partition coefficient (Wildman–Crippen LogP) is 0.451. The first-order chi connectivity index (χ1) is 25.5. The summed E-state index contributed by atoms with van der Waals surface area (Å²) in [7, 11) is 0. The molecule has 6 rings (SSSR count). The average molecular weight is 755 g/mol. The van der Waals surface area contributed by atoms with Gasteiger partial charge in [-0.15, -0.1) is 0 Å². The van der Waals surface area contributed by atoms with Gasteiger partial charge >= 0.3 is 0 Å². The summed E-state index contributed by atoms with van der Waals surface area (Å²) in [6.07, 6.45) is -16.3. The molecule has 0 saturated carbocycles. The third kappa shape index (κ3) is 6.53. The van der Waals surface area contributed by atoms with Gasteiger partial charge in [0.1, 0.15) is 71.8 Å². The van der Waals surface area contributed by atoms with Crippen LogP contribution in [-0.2, 0) is 9.47 Å². The minimum absolute atomic E-state index is 0.0173. The molecule has 4 aromatic carbocycles. The maximum absolute atomic E-state index is 12.7. The lowest BCUT2D eigenvalue weighted by molar-refractivity contribution is -0.277. The van der Waals surface area contributed by atoms with Crippen LogP contribution in [0.5, 0.6) is 23.0 Å². The third-order valence-corrected chi connectivity index (χ3v) is 10.0. The van der Waals surface area contributed by atoms with Crippen LogP contribution in [0.2, 0.25) is 0 Å². The van der Waals surface area contributed by atoms with Crippen LogP contribution in [0.15, 0.2) is 36.4 Å². The van der Waals surface area contributed by atoms with Crippen LogP contribution in [0.1, 0.15) is 45.7 Å². The number of aromatic hydroxyl groups is 2. The fourth-order valence-electron chi connectivity index (χ4n) is 7.32. The first-order valence-corrected chi connectivity index (χ1v) is 17.1. The van der Waals surface area contributed by atoms with E-state index in [4.69, 9.17) is 18.9 Å². The van der Waals surface area contributed by atoms with Gasteiger partial charge in [0.25, 0.3) is 0 Å². The van der Waals surface area contributed by atoms with E-state index in [1.54, 1.807) is 38.1 Å². The molecule has 0 unspecified atom stereocenters. The van der Waals surface area contributed by atoms with Crippen molar-refractivity contribution in [1.29, 1.82) is 0 Å². The minimum atomic E-state index is -1.79. The second-order valence-electron chi connectivity index (χ2n) is 13.6. The van der Waals surface area contributed by atoms with Crippen molar-refractivity contribution in [3.8, 4) is 34.1 Å². The summed E-state index contributed by atoms with van der Waals surface area (Å²) in [6.45, 7) is 4.30. The Morgan fingerprint density at radius 3 is 1.26 bits per heavy atom. The van der Waals surface area contributed by atoms with Crippen molar-refractivity contribution in [2.75, 3.05) is 13.2 Å². The highest BCUT2D eigenvalue weighted by Gasteiger charge is 2.46. The molecule has 2 aliphatic rings. The largest absolute Gasteiger partial charge is 0.506 e. The fourth-order valence-corrected chi connectivity index (χ4v) is 7.32. The summed E-state index contributed by atoms with van der Waals surface area (Å²) in [5.74, 6) is -2.14. The molecule has 16 heteroatoms. The SMILES string of the molecule is CC(=O)c1c(C)cc2c(-c3ccc(O[C@@H]4O[C@H](CO)[C@@H](O)[C@H](O)[C@H]4O)c4c(O)c(C(C)=O)c(C)cc34)ccc(O[C@@H]3O[C@H](CO)[C@@H](O)[C@H](O)[C@H]3O)c2c1O. The molecular weight excluding hydrogens is 712 g/mol. The van der Waals surface area contributed by atoms with Gasteiger partial charge in [0, 0.05) is 0 Å². The van der Waals surface area contributed by atoms with E-state index >= 15 is 0 Å². The summed E-state index contributed by atoms with van der Waals surface area (Å²) in [6, 6.07) is 9.18. The molecule has 54 heavy (non-hydrogen) atoms. The molecule has 290 valence electrons. The second kappa shape index (κ2) is 15.0. The van der Waals surface area contributed by atoms with E-state index in [0.29, 0.717) is 33.0 Å². The normalized spacial score (nSPS) is 28.7. The van der Waals surface area contributed by atoms with Crippen LogP contribution < -0.4 is 9.47 Å². The molecule has 2 saturated heterocycles. The van der Waals surface area contributed by atoms with Crippen molar-refractivity contribution in [3.05, 3.63) is 58.7 Å². The lowest BCUT2D eigenvalue weighted by atomic mass is 9.88. The van der Waals surface area contributed by atoms with Crippen molar-refractivity contribution in [2.45, 2.75) is 89.1 Å². The van der Waals surface area contributed by atoms with Gasteiger partial charge in [-0.25, -0.2) is 0 Å². The van der Waals surface area contributed by atoms with E-state index in [2.05, 4.69) is 0 Å². The summed E-state index contributed by atoms with van der Waals surface area (Å²) in [5.41, 5.74) is 1.49. The molecular formula is C38H42O16. The highest BCUT2D eigenvalue weighted by atomic mass is 16.7. The zero-order valence-electron chi connectivity index (χ0n) is 29.6. The number of hydrogen-bond donors (Lipinski definition) is 10. The van der Waals surface area contributed by atoms with Gasteiger partial charge in [-0.2, -0.15) is 0 Å². The Labute approximate surface area is 307 Å². The second-order valence-corrected chi connectivity index (χ2v) is 13.6. The molecule has 2 aliphatic heterocycles. The molecule has 0 bridgehead atoms. The van der Waals surface area contributed by atoms with Gasteiger partial charge in [-0.3, -0.25) is 9.59 Å². The number of rotatable bonds is 9. The molecule has 4 aromatic rings. The average Bonchev–Trinajstić information content (AvgIpc) is 3.11. The first-order valence-electron chi connectivity index (χ1n) is 17.1. The highest BCUT2D eigenvalue weighted by Crippen LogP contribution is 2.48. The lowest BCUT2D eigenvalue weighted by Crippen LogP contribution is -2.60. The number of ketones is 2. The Balaban J connectivity index is 1.57. The zero-order valence-corrected chi connectivity index (χ0v) is 29.6. The van der Waals surface area contributed by atoms with Crippen molar-refractivity contribution in [3.63, 3.8) is 0 Å². The number of carbonyl (C=O) groups excluding carboxylic acids is 2. The maximum atomic E-state index is 12.7. The van der Waals surface area contributed by atoms with Crippen molar-refractivity contribution in [1.82, 2.24) is 0 Å². The number of aliphatic hydroxyl groups excluding tert-OH is 8. The maximum Gasteiger partial charge on any atom is 0.229 e. The number of aliphatic hydroxyl groups is 8. The molecule has 2 fully saturated rings. The van der Waals surface area contributed by atoms with Crippen LogP contribution in [0, 0.1) is 13.8 Å². The minimum Gasteiger partial charge on any atom is -0.506 e. The quantitative estimate of drug-likeness (QED) is 0.104. The standard InChI is InChI=1S/C38H42O16/c1-13-9-19-17(5-7-21(27(19)31(45)25(13)15(3)41)51-37-35(49)33(47)29(43)23(11-39)53-37)18-6-8-22(28-20(18)10-14(2)26(16(4)42)32(28)46)52-38-36(50)34(48)30(44)24(12-40)54-38/h5-10,23-24,29-30,33-40,43-50H,11-12H2,1-4H3/t23-,24-,29-,30-,33+,34+,35-,36-,37-,38-/m1/s1. The number of aryl methyl sites for hydroxylation is 2. The molecule has 10 N–H and O–H groups in total. The number of benzene rings is 4. The molecule has 0 aromatic heterocycles. The molecule has 10 atom stereocenters. The van der Waals surface area contributed by atoms with E-state index in [9.17, 15) is 60.7 Å². The Kier molecular flexibility index (Phi) is 10.9. The van der Waals surface area contributed by atoms with Gasteiger partial charge in [-0.1, -0.05) is 12.1 Å². The van der Waals surface area contributed by atoms with Gasteiger partial charge in [-0.05, 0) is 85.0 Å². The van der Waals surface area contributed by atoms with Crippen LogP contribution >= 0.6 is 0 Å². The predicted molar refractivity (Wildman–Crippen MR) is 188 cm³/mol. The molecule has 0 radical (unpaired) electrons. The summed E-state index contributed by atoms with van der Waals surface area (Å²) >= 11 is 0. The molecule has 16 nitrogen and oxygen atoms in total. The summed E-state index contributed by atoms with van der Waals surface area (Å²) in [5, 5.41) is 106. The first kappa shape index (κ1) is 39.2. The van der Waals surface area contributed by atoms with Crippen molar-refractivity contribution >= 4 is 33.1 Å². The van der Waals surface area contributed by atoms with Gasteiger partial charge in [0.15, 0.2) is 11.6 Å². The third-order valence-electron chi connectivity index (χ3n) is 10.0. The molecule has 0 aliphatic carbocycles. The molecule has 0 amide bonds. The monoisotopic (exact) mass is 754 g/mol. The number of fused-ring (bicyclic) bond motifs is 2. The smallest absolute Gasteiger partial charge is 0.229 e. The van der Waals surface area contributed by atoms with Crippen LogP contribution in [0.3, 0.4) is 0 Å². The Morgan fingerprint density at radius 2 is 0.944 bits per heavy atom. The van der Waals surface area contributed by atoms with Gasteiger partial charge in [0.05, 0.1) is 35.1 Å². The van der Waals surface area contributed by atoms with Crippen LogP contribution in [-0.4, -0.2) is 137 Å². The molecule has 2 heterocycles. The van der Waals surface area contributed by atoms with Crippen molar-refractivity contribution < 1.29 is 79.6 Å². The number of hydrogen-bond acceptors (Lipinski definition) is 16. The highest BCUT2D eigenvalue weighted by molar-refractivity contribution is 6.16.